The molecule has 4 nitrogen and oxygen atoms in total. The van der Waals surface area contributed by atoms with Crippen LogP contribution in [0, 0.1) is 0 Å². The monoisotopic (exact) mass is 276 g/mol. The summed E-state index contributed by atoms with van der Waals surface area (Å²) in [6.07, 6.45) is 4.89. The van der Waals surface area contributed by atoms with Gasteiger partial charge in [0.05, 0.1) is 18.2 Å². The van der Waals surface area contributed by atoms with E-state index in [9.17, 15) is 9.90 Å². The number of benzene rings is 1. The summed E-state index contributed by atoms with van der Waals surface area (Å²) < 4.78 is 0. The highest BCUT2D eigenvalue weighted by atomic mass is 16.3. The maximum Gasteiger partial charge on any atom is 0.237 e. The van der Waals surface area contributed by atoms with E-state index in [1.54, 1.807) is 0 Å². The van der Waals surface area contributed by atoms with Crippen LogP contribution in [-0.4, -0.2) is 29.2 Å². The molecule has 0 bridgehead atoms. The topological polar surface area (TPSA) is 75.4 Å². The smallest absolute Gasteiger partial charge is 0.237 e. The van der Waals surface area contributed by atoms with Gasteiger partial charge in [-0.3, -0.25) is 4.79 Å². The highest BCUT2D eigenvalue weighted by molar-refractivity contribution is 5.82. The van der Waals surface area contributed by atoms with Gasteiger partial charge in [0.1, 0.15) is 0 Å². The third-order valence-corrected chi connectivity index (χ3v) is 3.94. The number of amides is 1. The molecule has 20 heavy (non-hydrogen) atoms. The summed E-state index contributed by atoms with van der Waals surface area (Å²) in [5.74, 6) is -0.167. The van der Waals surface area contributed by atoms with Crippen molar-refractivity contribution >= 4 is 5.91 Å². The number of aliphatic hydroxyl groups is 1. The van der Waals surface area contributed by atoms with E-state index >= 15 is 0 Å². The molecule has 1 aromatic carbocycles. The molecule has 2 rings (SSSR count). The number of hydrogen-bond donors (Lipinski definition) is 3. The molecule has 4 heteroatoms. The number of hydrogen-bond acceptors (Lipinski definition) is 3. The van der Waals surface area contributed by atoms with Gasteiger partial charge in [0.2, 0.25) is 5.91 Å². The van der Waals surface area contributed by atoms with Crippen molar-refractivity contribution in [1.82, 2.24) is 5.32 Å². The number of rotatable bonds is 4. The lowest BCUT2D eigenvalue weighted by atomic mass is 10.0. The lowest BCUT2D eigenvalue weighted by Crippen LogP contribution is -2.50. The molecule has 1 aromatic rings. The van der Waals surface area contributed by atoms with Crippen molar-refractivity contribution < 1.29 is 9.90 Å². The molecule has 1 fully saturated rings. The Morgan fingerprint density at radius 1 is 1.25 bits per heavy atom. The molecule has 1 amide bonds. The molecule has 4 N–H and O–H groups in total. The van der Waals surface area contributed by atoms with E-state index in [0.717, 1.165) is 37.7 Å². The Bertz CT molecular complexity index is 422. The quantitative estimate of drug-likeness (QED) is 0.727. The van der Waals surface area contributed by atoms with Crippen molar-refractivity contribution in [3.8, 4) is 0 Å². The summed E-state index contributed by atoms with van der Waals surface area (Å²) in [5.41, 5.74) is 7.01. The lowest BCUT2D eigenvalue weighted by Gasteiger charge is -2.23. The summed E-state index contributed by atoms with van der Waals surface area (Å²) in [6.45, 7) is 0. The summed E-state index contributed by atoms with van der Waals surface area (Å²) >= 11 is 0. The highest BCUT2D eigenvalue weighted by Crippen LogP contribution is 2.18. The van der Waals surface area contributed by atoms with Crippen LogP contribution in [0.25, 0.3) is 0 Å². The fraction of sp³-hybridized carbons (Fsp3) is 0.562. The van der Waals surface area contributed by atoms with Gasteiger partial charge in [0, 0.05) is 0 Å². The van der Waals surface area contributed by atoms with E-state index in [-0.39, 0.29) is 11.9 Å². The summed E-state index contributed by atoms with van der Waals surface area (Å²) in [5, 5.41) is 12.9. The molecule has 0 saturated heterocycles. The molecule has 0 radical (unpaired) electrons. The number of carbonyl (C=O) groups is 1. The maximum atomic E-state index is 12.1. The molecule has 0 heterocycles. The van der Waals surface area contributed by atoms with Gasteiger partial charge in [0.25, 0.3) is 0 Å². The Balaban J connectivity index is 1.87. The van der Waals surface area contributed by atoms with Gasteiger partial charge in [-0.15, -0.1) is 0 Å². The fourth-order valence-electron chi connectivity index (χ4n) is 2.71. The minimum Gasteiger partial charge on any atom is -0.391 e. The fourth-order valence-corrected chi connectivity index (χ4v) is 2.71. The Morgan fingerprint density at radius 2 is 1.95 bits per heavy atom. The third kappa shape index (κ3) is 4.32. The Kier molecular flexibility index (Phi) is 5.56. The lowest BCUT2D eigenvalue weighted by molar-refractivity contribution is -0.124. The van der Waals surface area contributed by atoms with Gasteiger partial charge in [-0.25, -0.2) is 0 Å². The number of carbonyl (C=O) groups excluding carboxylic acids is 1. The van der Waals surface area contributed by atoms with Crippen LogP contribution < -0.4 is 11.1 Å². The molecule has 0 aromatic heterocycles. The van der Waals surface area contributed by atoms with E-state index in [4.69, 9.17) is 5.73 Å². The second-order valence-corrected chi connectivity index (χ2v) is 5.62. The molecule has 110 valence electrons. The van der Waals surface area contributed by atoms with Crippen LogP contribution in [-0.2, 0) is 11.2 Å². The van der Waals surface area contributed by atoms with E-state index in [1.165, 1.54) is 0 Å². The molecule has 3 atom stereocenters. The maximum absolute atomic E-state index is 12.1. The first-order valence-corrected chi connectivity index (χ1v) is 7.45. The molecule has 1 aliphatic rings. The number of aliphatic hydroxyl groups excluding tert-OH is 1. The van der Waals surface area contributed by atoms with Gasteiger partial charge in [-0.2, -0.15) is 0 Å². The second-order valence-electron chi connectivity index (χ2n) is 5.62. The van der Waals surface area contributed by atoms with Crippen LogP contribution in [0.4, 0.5) is 0 Å². The van der Waals surface area contributed by atoms with Crippen molar-refractivity contribution in [2.24, 2.45) is 5.73 Å². The van der Waals surface area contributed by atoms with E-state index < -0.39 is 12.1 Å². The molecule has 0 spiro atoms. The van der Waals surface area contributed by atoms with Gasteiger partial charge < -0.3 is 16.2 Å². The SMILES string of the molecule is N[C@H](Cc1ccccc1)C(=O)NC1CCCCCC1O. The van der Waals surface area contributed by atoms with Crippen molar-refractivity contribution in [2.75, 3.05) is 0 Å². The highest BCUT2D eigenvalue weighted by Gasteiger charge is 2.25. The van der Waals surface area contributed by atoms with Crippen LogP contribution in [0.3, 0.4) is 0 Å². The predicted octanol–water partition coefficient (Wildman–Crippen LogP) is 1.37. The van der Waals surface area contributed by atoms with E-state index in [2.05, 4.69) is 5.32 Å². The van der Waals surface area contributed by atoms with Crippen molar-refractivity contribution in [2.45, 2.75) is 56.7 Å². The predicted molar refractivity (Wildman–Crippen MR) is 79.1 cm³/mol. The summed E-state index contributed by atoms with van der Waals surface area (Å²) in [6, 6.07) is 9.04. The first-order chi connectivity index (χ1) is 9.66. The molecule has 1 aliphatic carbocycles. The van der Waals surface area contributed by atoms with Crippen molar-refractivity contribution in [3.05, 3.63) is 35.9 Å². The molecule has 0 aliphatic heterocycles. The first kappa shape index (κ1) is 15.0. The van der Waals surface area contributed by atoms with Crippen LogP contribution in [0.5, 0.6) is 0 Å². The van der Waals surface area contributed by atoms with E-state index in [0.29, 0.717) is 6.42 Å². The second kappa shape index (κ2) is 7.41. The first-order valence-electron chi connectivity index (χ1n) is 7.45. The zero-order valence-electron chi connectivity index (χ0n) is 11.8. The molecular formula is C16H24N2O2. The van der Waals surface area contributed by atoms with Gasteiger partial charge in [0.15, 0.2) is 0 Å². The van der Waals surface area contributed by atoms with Gasteiger partial charge in [-0.1, -0.05) is 49.6 Å². The average molecular weight is 276 g/mol. The van der Waals surface area contributed by atoms with Crippen LogP contribution in [0.15, 0.2) is 30.3 Å². The van der Waals surface area contributed by atoms with Gasteiger partial charge in [-0.05, 0) is 24.8 Å². The minimum absolute atomic E-state index is 0.146. The Labute approximate surface area is 120 Å². The zero-order chi connectivity index (χ0) is 14.4. The number of nitrogens with one attached hydrogen (secondary N) is 1. The zero-order valence-corrected chi connectivity index (χ0v) is 11.8. The molecular weight excluding hydrogens is 252 g/mol. The summed E-state index contributed by atoms with van der Waals surface area (Å²) in [4.78, 5) is 12.1. The van der Waals surface area contributed by atoms with Crippen LogP contribution in [0.2, 0.25) is 0 Å². The van der Waals surface area contributed by atoms with Crippen molar-refractivity contribution in [1.29, 1.82) is 0 Å². The minimum atomic E-state index is -0.562. The van der Waals surface area contributed by atoms with Gasteiger partial charge >= 0.3 is 0 Å². The Morgan fingerprint density at radius 3 is 2.70 bits per heavy atom. The Hall–Kier alpha value is -1.39. The normalized spacial score (nSPS) is 24.7. The third-order valence-electron chi connectivity index (χ3n) is 3.94. The molecule has 2 unspecified atom stereocenters. The largest absolute Gasteiger partial charge is 0.391 e. The standard InChI is InChI=1S/C16H24N2O2/c17-13(11-12-7-3-1-4-8-12)16(20)18-14-9-5-2-6-10-15(14)19/h1,3-4,7-8,13-15,19H,2,5-6,9-11,17H2,(H,18,20)/t13-,14?,15?/m1/s1. The summed E-state index contributed by atoms with van der Waals surface area (Å²) in [7, 11) is 0. The number of nitrogens with two attached hydrogens (primary N) is 1. The van der Waals surface area contributed by atoms with Crippen molar-refractivity contribution in [3.63, 3.8) is 0 Å². The average Bonchev–Trinajstić information content (AvgIpc) is 2.65. The van der Waals surface area contributed by atoms with Crippen LogP contribution >= 0.6 is 0 Å². The van der Waals surface area contributed by atoms with E-state index in [1.807, 2.05) is 30.3 Å². The molecule has 1 saturated carbocycles. The van der Waals surface area contributed by atoms with Crippen LogP contribution in [0.1, 0.15) is 37.7 Å².